The summed E-state index contributed by atoms with van der Waals surface area (Å²) in [4.78, 5) is 11.2. The van der Waals surface area contributed by atoms with Crippen LogP contribution in [-0.4, -0.2) is 12.5 Å². The molecule has 0 aromatic heterocycles. The fourth-order valence-corrected chi connectivity index (χ4v) is 2.14. The first-order valence-electron chi connectivity index (χ1n) is 11.4. The first kappa shape index (κ1) is 29.1. The third kappa shape index (κ3) is 30.9. The highest BCUT2D eigenvalue weighted by molar-refractivity contribution is 5.75. The number of allylic oxidation sites excluding steroid dienone is 12. The van der Waals surface area contributed by atoms with Crippen LogP contribution in [0.5, 0.6) is 0 Å². The van der Waals surface area contributed by atoms with Gasteiger partial charge in [-0.05, 0) is 51.9 Å². The second kappa shape index (κ2) is 28.1. The molecule has 0 saturated heterocycles. The minimum atomic E-state index is 0.132. The number of hydrogen-bond donors (Lipinski definition) is 1. The van der Waals surface area contributed by atoms with Crippen molar-refractivity contribution in [3.63, 3.8) is 0 Å². The highest BCUT2D eigenvalue weighted by Crippen LogP contribution is 1.97. The molecule has 0 aliphatic rings. The van der Waals surface area contributed by atoms with Crippen molar-refractivity contribution in [1.82, 2.24) is 5.32 Å². The molecular formula is C27H45NO. The van der Waals surface area contributed by atoms with Crippen LogP contribution in [0.1, 0.15) is 85.5 Å². The smallest absolute Gasteiger partial charge is 0.220 e. The van der Waals surface area contributed by atoms with Gasteiger partial charge in [0.1, 0.15) is 0 Å². The van der Waals surface area contributed by atoms with Crippen molar-refractivity contribution >= 4 is 5.91 Å². The van der Waals surface area contributed by atoms with Crippen molar-refractivity contribution in [1.29, 1.82) is 0 Å². The summed E-state index contributed by atoms with van der Waals surface area (Å²) in [6, 6.07) is 0. The number of carbonyl (C=O) groups excluding carboxylic acids is 1. The quantitative estimate of drug-likeness (QED) is 0.277. The minimum Gasteiger partial charge on any atom is -0.356 e. The van der Waals surface area contributed by atoms with Crippen LogP contribution in [0.2, 0.25) is 0 Å². The number of nitrogens with one attached hydrogen (secondary N) is 1. The molecule has 2 nitrogen and oxygen atoms in total. The first-order valence-corrected chi connectivity index (χ1v) is 11.4. The van der Waals surface area contributed by atoms with Gasteiger partial charge in [-0.2, -0.15) is 0 Å². The fraction of sp³-hybridized carbons (Fsp3) is 0.519. The minimum absolute atomic E-state index is 0.132. The Morgan fingerprint density at radius 2 is 0.931 bits per heavy atom. The lowest BCUT2D eigenvalue weighted by atomic mass is 10.2. The second-order valence-electron chi connectivity index (χ2n) is 6.61. The average Bonchev–Trinajstić information content (AvgIpc) is 2.70. The first-order chi connectivity index (χ1) is 14.2. The Bertz CT molecular complexity index is 507. The predicted octanol–water partition coefficient (Wildman–Crippen LogP) is 8.02. The molecule has 0 unspecified atom stereocenters. The molecule has 0 atom stereocenters. The maximum Gasteiger partial charge on any atom is 0.220 e. The summed E-state index contributed by atoms with van der Waals surface area (Å²) in [5, 5.41) is 2.80. The molecule has 1 amide bonds. The molecule has 0 aromatic carbocycles. The van der Waals surface area contributed by atoms with E-state index in [1.165, 1.54) is 6.42 Å². The molecule has 2 heteroatoms. The zero-order valence-electron chi connectivity index (χ0n) is 19.4. The predicted molar refractivity (Wildman–Crippen MR) is 132 cm³/mol. The van der Waals surface area contributed by atoms with Crippen LogP contribution >= 0.6 is 0 Å². The van der Waals surface area contributed by atoms with E-state index in [0.717, 1.165) is 44.9 Å². The van der Waals surface area contributed by atoms with Gasteiger partial charge in [0.25, 0.3) is 0 Å². The van der Waals surface area contributed by atoms with Gasteiger partial charge in [-0.25, -0.2) is 0 Å². The molecule has 0 aliphatic carbocycles. The van der Waals surface area contributed by atoms with Gasteiger partial charge in [0.2, 0.25) is 5.91 Å². The number of hydrogen-bond acceptors (Lipinski definition) is 1. The van der Waals surface area contributed by atoms with Gasteiger partial charge in [-0.3, -0.25) is 4.79 Å². The van der Waals surface area contributed by atoms with E-state index in [-0.39, 0.29) is 5.91 Å². The third-order valence-corrected chi connectivity index (χ3v) is 3.51. The Labute approximate surface area is 181 Å². The maximum atomic E-state index is 11.2. The summed E-state index contributed by atoms with van der Waals surface area (Å²) in [6.45, 7) is 9.06. The van der Waals surface area contributed by atoms with Crippen LogP contribution in [0.25, 0.3) is 0 Å². The Hall–Kier alpha value is -2.09. The number of amides is 1. The lowest BCUT2D eigenvalue weighted by Gasteiger charge is -1.97. The molecule has 1 N–H and O–H groups in total. The summed E-state index contributed by atoms with van der Waals surface area (Å²) in [5.74, 6) is 0.132. The number of rotatable bonds is 15. The molecule has 0 saturated carbocycles. The van der Waals surface area contributed by atoms with E-state index in [0.29, 0.717) is 13.0 Å². The Morgan fingerprint density at radius 1 is 0.586 bits per heavy atom. The Balaban J connectivity index is 0. The maximum absolute atomic E-state index is 11.2. The largest absolute Gasteiger partial charge is 0.356 e. The summed E-state index contributed by atoms with van der Waals surface area (Å²) in [7, 11) is 0. The van der Waals surface area contributed by atoms with Crippen molar-refractivity contribution < 1.29 is 4.79 Å². The van der Waals surface area contributed by atoms with Crippen LogP contribution in [0.3, 0.4) is 0 Å². The van der Waals surface area contributed by atoms with Gasteiger partial charge in [-0.15, -0.1) is 0 Å². The van der Waals surface area contributed by atoms with E-state index in [9.17, 15) is 4.79 Å². The van der Waals surface area contributed by atoms with E-state index in [4.69, 9.17) is 0 Å². The summed E-state index contributed by atoms with van der Waals surface area (Å²) in [6.07, 6.45) is 34.9. The van der Waals surface area contributed by atoms with Gasteiger partial charge in [0.05, 0.1) is 0 Å². The molecule has 0 spiro atoms. The second-order valence-corrected chi connectivity index (χ2v) is 6.61. The summed E-state index contributed by atoms with van der Waals surface area (Å²) < 4.78 is 0. The van der Waals surface area contributed by atoms with E-state index in [1.54, 1.807) is 0 Å². The van der Waals surface area contributed by atoms with Crippen LogP contribution < -0.4 is 5.32 Å². The van der Waals surface area contributed by atoms with Crippen LogP contribution in [0, 0.1) is 0 Å². The van der Waals surface area contributed by atoms with Crippen molar-refractivity contribution in [3.05, 3.63) is 72.9 Å². The highest BCUT2D eigenvalue weighted by Gasteiger charge is 1.94. The molecule has 0 aromatic rings. The van der Waals surface area contributed by atoms with Gasteiger partial charge in [-0.1, -0.05) is 100 Å². The zero-order valence-corrected chi connectivity index (χ0v) is 19.4. The number of carbonyl (C=O) groups is 1. The molecule has 0 aliphatic heterocycles. The fourth-order valence-electron chi connectivity index (χ4n) is 2.14. The normalized spacial score (nSPS) is 12.1. The molecule has 0 bridgehead atoms. The van der Waals surface area contributed by atoms with Gasteiger partial charge in [0.15, 0.2) is 0 Å². The van der Waals surface area contributed by atoms with Crippen molar-refractivity contribution in [2.24, 2.45) is 0 Å². The van der Waals surface area contributed by atoms with E-state index in [1.807, 2.05) is 6.92 Å². The molecule has 0 fully saturated rings. The topological polar surface area (TPSA) is 29.1 Å². The van der Waals surface area contributed by atoms with Crippen molar-refractivity contribution in [2.45, 2.75) is 85.5 Å². The molecule has 164 valence electrons. The van der Waals surface area contributed by atoms with E-state index >= 15 is 0 Å². The average molecular weight is 400 g/mol. The Morgan fingerprint density at radius 3 is 1.28 bits per heavy atom. The lowest BCUT2D eigenvalue weighted by Crippen LogP contribution is -2.21. The van der Waals surface area contributed by atoms with E-state index in [2.05, 4.69) is 99.0 Å². The standard InChI is InChI=1S/C24H37NO.C3H8/c1-3-5-6-7-8-9-10-11-12-13-14-15-16-17-18-19-20-21-22-23-24(26)25-4-2;1-3-2/h5-6,8-9,11-12,14-15,17-18,20-21H,3-4,7,10,13,16,19,22-23H2,1-2H3,(H,25,26);3H2,1-2H3/b6-5-,9-8-,12-11-,15-14-,18-17-,21-20-;. The molecule has 0 heterocycles. The van der Waals surface area contributed by atoms with Crippen LogP contribution in [0.4, 0.5) is 0 Å². The SMILES string of the molecule is CC/C=C\C/C=C\C/C=C\C/C=C\C/C=C\C/C=C\CCC(=O)NCC.CCC. The lowest BCUT2D eigenvalue weighted by molar-refractivity contribution is -0.120. The van der Waals surface area contributed by atoms with Gasteiger partial charge >= 0.3 is 0 Å². The molecule has 0 rings (SSSR count). The van der Waals surface area contributed by atoms with Gasteiger partial charge in [0, 0.05) is 13.0 Å². The Kier molecular flexibility index (Phi) is 28.2. The van der Waals surface area contributed by atoms with Crippen molar-refractivity contribution in [2.75, 3.05) is 6.54 Å². The van der Waals surface area contributed by atoms with Crippen LogP contribution in [0.15, 0.2) is 72.9 Å². The summed E-state index contributed by atoms with van der Waals surface area (Å²) >= 11 is 0. The molecule has 29 heavy (non-hydrogen) atoms. The van der Waals surface area contributed by atoms with Gasteiger partial charge < -0.3 is 5.32 Å². The van der Waals surface area contributed by atoms with E-state index < -0.39 is 0 Å². The molecular weight excluding hydrogens is 354 g/mol. The van der Waals surface area contributed by atoms with Crippen molar-refractivity contribution in [3.8, 4) is 0 Å². The third-order valence-electron chi connectivity index (χ3n) is 3.51. The zero-order chi connectivity index (χ0) is 21.8. The van der Waals surface area contributed by atoms with Crippen LogP contribution in [-0.2, 0) is 4.79 Å². The highest BCUT2D eigenvalue weighted by atomic mass is 16.1. The molecule has 0 radical (unpaired) electrons. The summed E-state index contributed by atoms with van der Waals surface area (Å²) in [5.41, 5.74) is 0. The monoisotopic (exact) mass is 399 g/mol.